The van der Waals surface area contributed by atoms with Gasteiger partial charge in [-0.2, -0.15) is 4.72 Å². The second-order valence-electron chi connectivity index (χ2n) is 7.02. The van der Waals surface area contributed by atoms with Crippen molar-refractivity contribution < 1.29 is 13.2 Å². The Kier molecular flexibility index (Phi) is 4.30. The van der Waals surface area contributed by atoms with E-state index in [0.29, 0.717) is 11.3 Å². The van der Waals surface area contributed by atoms with E-state index in [1.54, 1.807) is 48.5 Å². The quantitative estimate of drug-likeness (QED) is 0.769. The van der Waals surface area contributed by atoms with Gasteiger partial charge in [-0.05, 0) is 50.6 Å². The number of carbonyl (C=O) groups is 1. The van der Waals surface area contributed by atoms with E-state index in [1.165, 1.54) is 0 Å². The third kappa shape index (κ3) is 3.83. The van der Waals surface area contributed by atoms with Crippen LogP contribution in [0.2, 0.25) is 0 Å². The number of benzene rings is 2. The molecule has 1 amide bonds. The Morgan fingerprint density at radius 3 is 2.32 bits per heavy atom. The molecule has 3 N–H and O–H groups in total. The van der Waals surface area contributed by atoms with Gasteiger partial charge in [-0.25, -0.2) is 8.42 Å². The van der Waals surface area contributed by atoms with Crippen molar-refractivity contribution in [3.05, 3.63) is 59.7 Å². The van der Waals surface area contributed by atoms with Gasteiger partial charge in [0, 0.05) is 11.1 Å². The van der Waals surface area contributed by atoms with Crippen LogP contribution in [0.1, 0.15) is 42.9 Å². The highest BCUT2D eigenvalue weighted by atomic mass is 32.2. The van der Waals surface area contributed by atoms with Crippen LogP contribution in [0.3, 0.4) is 0 Å². The number of fused-ring (bicyclic) bond motifs is 1. The first-order valence-electron chi connectivity index (χ1n) is 7.96. The molecular formula is C18H21N3O3S. The van der Waals surface area contributed by atoms with Crippen molar-refractivity contribution in [1.82, 2.24) is 10.0 Å². The summed E-state index contributed by atoms with van der Waals surface area (Å²) < 4.78 is 27.4. The number of hydrogen-bond acceptors (Lipinski definition) is 4. The fraction of sp³-hybridized carbons (Fsp3) is 0.278. The molecule has 0 bridgehead atoms. The Hall–Kier alpha value is -2.38. The van der Waals surface area contributed by atoms with Gasteiger partial charge in [0.1, 0.15) is 11.1 Å². The van der Waals surface area contributed by atoms with E-state index in [-0.39, 0.29) is 16.3 Å². The van der Waals surface area contributed by atoms with Gasteiger partial charge in [-0.3, -0.25) is 4.79 Å². The van der Waals surface area contributed by atoms with E-state index >= 15 is 0 Å². The molecule has 6 nitrogen and oxygen atoms in total. The van der Waals surface area contributed by atoms with Gasteiger partial charge in [0.15, 0.2) is 0 Å². The van der Waals surface area contributed by atoms with Crippen LogP contribution in [-0.4, -0.2) is 19.9 Å². The second-order valence-corrected chi connectivity index (χ2v) is 8.70. The van der Waals surface area contributed by atoms with Crippen LogP contribution in [0.15, 0.2) is 53.4 Å². The SMILES string of the molecule is CC(C)(C)NC(=O)c1ccc(C2Nc3ccccc3S(=O)(=O)N2)cc1. The van der Waals surface area contributed by atoms with E-state index in [0.717, 1.165) is 5.56 Å². The van der Waals surface area contributed by atoms with E-state index in [1.807, 2.05) is 20.8 Å². The van der Waals surface area contributed by atoms with Crippen LogP contribution < -0.4 is 15.4 Å². The average molecular weight is 359 g/mol. The third-order valence-electron chi connectivity index (χ3n) is 3.74. The van der Waals surface area contributed by atoms with Crippen LogP contribution >= 0.6 is 0 Å². The molecule has 0 aliphatic carbocycles. The molecule has 3 rings (SSSR count). The number of amides is 1. The number of nitrogens with one attached hydrogen (secondary N) is 3. The summed E-state index contributed by atoms with van der Waals surface area (Å²) >= 11 is 0. The van der Waals surface area contributed by atoms with E-state index in [2.05, 4.69) is 15.4 Å². The molecule has 132 valence electrons. The molecule has 0 aromatic heterocycles. The summed E-state index contributed by atoms with van der Waals surface area (Å²) in [7, 11) is -3.58. The van der Waals surface area contributed by atoms with E-state index in [9.17, 15) is 13.2 Å². The predicted octanol–water partition coefficient (Wildman–Crippen LogP) is 2.62. The molecule has 25 heavy (non-hydrogen) atoms. The lowest BCUT2D eigenvalue weighted by atomic mass is 10.1. The molecule has 7 heteroatoms. The van der Waals surface area contributed by atoms with E-state index < -0.39 is 16.2 Å². The maximum absolute atomic E-state index is 12.4. The molecule has 0 saturated heterocycles. The number of carbonyl (C=O) groups excluding carboxylic acids is 1. The lowest BCUT2D eigenvalue weighted by Gasteiger charge is -2.28. The summed E-state index contributed by atoms with van der Waals surface area (Å²) in [5.74, 6) is -0.165. The Bertz CT molecular complexity index is 900. The number of para-hydroxylation sites is 1. The van der Waals surface area contributed by atoms with Crippen molar-refractivity contribution in [3.8, 4) is 0 Å². The number of sulfonamides is 1. The van der Waals surface area contributed by atoms with Crippen molar-refractivity contribution in [2.75, 3.05) is 5.32 Å². The summed E-state index contributed by atoms with van der Waals surface area (Å²) in [5, 5.41) is 6.06. The van der Waals surface area contributed by atoms with Crippen molar-refractivity contribution in [3.63, 3.8) is 0 Å². The minimum absolute atomic E-state index is 0.165. The number of anilines is 1. The topological polar surface area (TPSA) is 87.3 Å². The molecule has 0 fully saturated rings. The Morgan fingerprint density at radius 2 is 1.68 bits per heavy atom. The molecule has 1 aliphatic heterocycles. The standard InChI is InChI=1S/C18H21N3O3S/c1-18(2,3)20-17(22)13-10-8-12(9-11-13)16-19-14-6-4-5-7-15(14)25(23,24)21-16/h4-11,16,19,21H,1-3H3,(H,20,22). The molecule has 0 saturated carbocycles. The summed E-state index contributed by atoms with van der Waals surface area (Å²) in [6, 6.07) is 13.6. The van der Waals surface area contributed by atoms with Gasteiger partial charge in [-0.1, -0.05) is 24.3 Å². The lowest BCUT2D eigenvalue weighted by molar-refractivity contribution is 0.0919. The summed E-state index contributed by atoms with van der Waals surface area (Å²) in [4.78, 5) is 12.4. The number of hydrogen-bond donors (Lipinski definition) is 3. The molecule has 1 heterocycles. The first kappa shape index (κ1) is 17.4. The number of rotatable bonds is 2. The van der Waals surface area contributed by atoms with Gasteiger partial charge < -0.3 is 10.6 Å². The Morgan fingerprint density at radius 1 is 1.04 bits per heavy atom. The summed E-state index contributed by atoms with van der Waals surface area (Å²) in [6.45, 7) is 5.74. The molecule has 1 aliphatic rings. The van der Waals surface area contributed by atoms with Gasteiger partial charge >= 0.3 is 0 Å². The second kappa shape index (κ2) is 6.16. The maximum atomic E-state index is 12.4. The van der Waals surface area contributed by atoms with Crippen molar-refractivity contribution >= 4 is 21.6 Å². The van der Waals surface area contributed by atoms with Gasteiger partial charge in [-0.15, -0.1) is 0 Å². The fourth-order valence-corrected chi connectivity index (χ4v) is 3.92. The van der Waals surface area contributed by atoms with Crippen LogP contribution in [0.4, 0.5) is 5.69 Å². The minimum atomic E-state index is -3.58. The van der Waals surface area contributed by atoms with Crippen LogP contribution in [0.5, 0.6) is 0 Å². The van der Waals surface area contributed by atoms with Crippen molar-refractivity contribution in [2.45, 2.75) is 37.4 Å². The van der Waals surface area contributed by atoms with E-state index in [4.69, 9.17) is 0 Å². The zero-order valence-electron chi connectivity index (χ0n) is 14.3. The fourth-order valence-electron chi connectivity index (χ4n) is 2.61. The van der Waals surface area contributed by atoms with Crippen molar-refractivity contribution in [2.24, 2.45) is 0 Å². The molecule has 0 spiro atoms. The molecule has 2 aromatic rings. The minimum Gasteiger partial charge on any atom is -0.364 e. The highest BCUT2D eigenvalue weighted by molar-refractivity contribution is 7.89. The summed E-state index contributed by atoms with van der Waals surface area (Å²) in [5.41, 5.74) is 1.49. The zero-order chi connectivity index (χ0) is 18.2. The van der Waals surface area contributed by atoms with Gasteiger partial charge in [0.05, 0.1) is 5.69 Å². The third-order valence-corrected chi connectivity index (χ3v) is 5.23. The first-order chi connectivity index (χ1) is 11.7. The zero-order valence-corrected chi connectivity index (χ0v) is 15.1. The van der Waals surface area contributed by atoms with Gasteiger partial charge in [0.25, 0.3) is 5.91 Å². The smallest absolute Gasteiger partial charge is 0.251 e. The lowest BCUT2D eigenvalue weighted by Crippen LogP contribution is -2.40. The normalized spacial score (nSPS) is 18.8. The molecule has 1 unspecified atom stereocenters. The molecular weight excluding hydrogens is 338 g/mol. The van der Waals surface area contributed by atoms with Crippen LogP contribution in [0, 0.1) is 0 Å². The summed E-state index contributed by atoms with van der Waals surface area (Å²) in [6.07, 6.45) is -0.584. The monoisotopic (exact) mass is 359 g/mol. The largest absolute Gasteiger partial charge is 0.364 e. The first-order valence-corrected chi connectivity index (χ1v) is 9.44. The average Bonchev–Trinajstić information content (AvgIpc) is 2.53. The Balaban J connectivity index is 1.83. The molecule has 1 atom stereocenters. The molecule has 2 aromatic carbocycles. The predicted molar refractivity (Wildman–Crippen MR) is 96.8 cm³/mol. The van der Waals surface area contributed by atoms with Gasteiger partial charge in [0.2, 0.25) is 10.0 Å². The Labute approximate surface area is 147 Å². The van der Waals surface area contributed by atoms with Crippen molar-refractivity contribution in [1.29, 1.82) is 0 Å². The highest BCUT2D eigenvalue weighted by Crippen LogP contribution is 2.30. The molecule has 0 radical (unpaired) electrons. The maximum Gasteiger partial charge on any atom is 0.251 e. The van der Waals surface area contributed by atoms with Crippen LogP contribution in [0.25, 0.3) is 0 Å². The van der Waals surface area contributed by atoms with Crippen LogP contribution in [-0.2, 0) is 10.0 Å². The highest BCUT2D eigenvalue weighted by Gasteiger charge is 2.29.